The van der Waals surface area contributed by atoms with Crippen molar-refractivity contribution in [3.05, 3.63) is 128 Å². The van der Waals surface area contributed by atoms with Crippen molar-refractivity contribution in [3.8, 4) is 0 Å². The summed E-state index contributed by atoms with van der Waals surface area (Å²) in [6.07, 6.45) is 7.52. The first-order chi connectivity index (χ1) is 17.6. The molecule has 0 saturated carbocycles. The molecule has 0 nitrogen and oxygen atoms in total. The van der Waals surface area contributed by atoms with E-state index < -0.39 is 8.07 Å². The largest absolute Gasteiger partial charge is 4.00 e. The van der Waals surface area contributed by atoms with Crippen molar-refractivity contribution >= 4 is 53.4 Å². The Labute approximate surface area is 282 Å². The topological polar surface area (TPSA) is 0 Å². The van der Waals surface area contributed by atoms with Gasteiger partial charge in [-0.3, -0.25) is 12.2 Å². The molecule has 2 aromatic carbocycles. The molecule has 0 bridgehead atoms. The molecule has 0 radical (unpaired) electrons. The fraction of sp³-hybridized carbons (Fsp3) is 0.235. The molecule has 2 atom stereocenters. The second-order valence-corrected chi connectivity index (χ2v) is 16.1. The zero-order valence-electron chi connectivity index (χ0n) is 23.5. The molecule has 6 heteroatoms. The molecular weight excluding hydrogens is 663 g/mol. The van der Waals surface area contributed by atoms with Gasteiger partial charge in [0.25, 0.3) is 0 Å². The molecule has 2 aromatic rings. The molecule has 40 heavy (non-hydrogen) atoms. The van der Waals surface area contributed by atoms with Gasteiger partial charge in [-0.15, -0.1) is 20.9 Å². The standard InChI is InChI=1S/C34H30S2Si.2ClH.Zr/c1-19-17-25-27(31(19)35)21(3)33(29(25)23-13-9-7-10-14-23)37(5,6)34-22(4)28-26(18-20(2)32(28)36)30(34)24-15-11-8-12-16-24;;;/h7-16,25-26H,1-6H3;2*1H;/q-2;;;+4/p-2. The molecule has 4 aliphatic rings. The van der Waals surface area contributed by atoms with E-state index in [1.54, 1.807) is 0 Å². The SMILES string of the molecule is CC1=[C-]C2C(=C(C)C([Si](C)(C)C3=C(c4ccccc4)C4[C-]=C(C)C(=S)C4=C3C)=C2c2ccccc2)C1=S.[Cl-].[Cl-].[Zr+4]. The predicted octanol–water partition coefficient (Wildman–Crippen LogP) is 2.84. The summed E-state index contributed by atoms with van der Waals surface area (Å²) < 4.78 is 0. The summed E-state index contributed by atoms with van der Waals surface area (Å²) in [4.78, 5) is 1.97. The van der Waals surface area contributed by atoms with Gasteiger partial charge >= 0.3 is 26.2 Å². The Kier molecular flexibility index (Phi) is 10.1. The first-order valence-electron chi connectivity index (χ1n) is 13.0. The number of hydrogen-bond donors (Lipinski definition) is 0. The summed E-state index contributed by atoms with van der Waals surface area (Å²) in [5, 5.41) is 3.02. The van der Waals surface area contributed by atoms with Crippen LogP contribution in [0.5, 0.6) is 0 Å². The maximum atomic E-state index is 5.97. The summed E-state index contributed by atoms with van der Waals surface area (Å²) in [5.74, 6) is 0.252. The third-order valence-electron chi connectivity index (χ3n) is 8.56. The minimum atomic E-state index is -2.26. The number of fused-ring (bicyclic) bond motifs is 2. The van der Waals surface area contributed by atoms with E-state index in [0.717, 1.165) is 20.9 Å². The van der Waals surface area contributed by atoms with Gasteiger partial charge < -0.3 is 24.8 Å². The van der Waals surface area contributed by atoms with Crippen LogP contribution in [0.25, 0.3) is 11.1 Å². The first-order valence-corrected chi connectivity index (χ1v) is 16.8. The Morgan fingerprint density at radius 3 is 1.23 bits per heavy atom. The van der Waals surface area contributed by atoms with E-state index in [4.69, 9.17) is 24.4 Å². The van der Waals surface area contributed by atoms with E-state index in [-0.39, 0.29) is 62.9 Å². The van der Waals surface area contributed by atoms with Crippen LogP contribution in [0.15, 0.2) is 104 Å². The molecule has 0 heterocycles. The Morgan fingerprint density at radius 2 is 0.900 bits per heavy atom. The molecule has 0 fully saturated rings. The van der Waals surface area contributed by atoms with Crippen LogP contribution in [0.3, 0.4) is 0 Å². The van der Waals surface area contributed by atoms with E-state index >= 15 is 0 Å². The minimum absolute atomic E-state index is 0. The molecule has 0 spiro atoms. The van der Waals surface area contributed by atoms with E-state index in [0.29, 0.717) is 0 Å². The van der Waals surface area contributed by atoms with Gasteiger partial charge in [0.2, 0.25) is 0 Å². The van der Waals surface area contributed by atoms with Crippen LogP contribution in [-0.2, 0) is 26.2 Å². The van der Waals surface area contributed by atoms with Gasteiger partial charge in [0.15, 0.2) is 0 Å². The van der Waals surface area contributed by atoms with Gasteiger partial charge in [-0.2, -0.15) is 0 Å². The second-order valence-electron chi connectivity index (χ2n) is 11.1. The molecule has 0 amide bonds. The van der Waals surface area contributed by atoms with Gasteiger partial charge in [0.05, 0.1) is 0 Å². The molecule has 0 saturated heterocycles. The Morgan fingerprint density at radius 1 is 0.575 bits per heavy atom. The van der Waals surface area contributed by atoms with Gasteiger partial charge in [-0.1, -0.05) is 111 Å². The minimum Gasteiger partial charge on any atom is -1.00 e. The maximum absolute atomic E-state index is 5.97. The van der Waals surface area contributed by atoms with Gasteiger partial charge in [0.1, 0.15) is 8.07 Å². The van der Waals surface area contributed by atoms with Crippen molar-refractivity contribution in [2.45, 2.75) is 40.8 Å². The predicted molar refractivity (Wildman–Crippen MR) is 167 cm³/mol. The van der Waals surface area contributed by atoms with Crippen LogP contribution >= 0.6 is 24.4 Å². The Hall–Kier alpha value is -1.26. The molecular formula is C34H30Cl2S2SiZr. The summed E-state index contributed by atoms with van der Waals surface area (Å²) in [5.41, 5.74) is 12.9. The fourth-order valence-corrected chi connectivity index (χ4v) is 12.1. The van der Waals surface area contributed by atoms with Crippen LogP contribution in [-0.4, -0.2) is 17.8 Å². The number of thiocarbonyl (C=S) groups is 2. The third kappa shape index (κ3) is 4.81. The van der Waals surface area contributed by atoms with Crippen molar-refractivity contribution in [2.24, 2.45) is 11.8 Å². The van der Waals surface area contributed by atoms with Gasteiger partial charge in [-0.05, 0) is 46.5 Å². The van der Waals surface area contributed by atoms with Crippen LogP contribution in [0.2, 0.25) is 13.1 Å². The van der Waals surface area contributed by atoms with Crippen molar-refractivity contribution < 1.29 is 51.0 Å². The number of halogens is 2. The van der Waals surface area contributed by atoms with Gasteiger partial charge in [-0.25, -0.2) is 35.6 Å². The Bertz CT molecular complexity index is 1490. The molecule has 2 unspecified atom stereocenters. The summed E-state index contributed by atoms with van der Waals surface area (Å²) in [6.45, 7) is 13.9. The van der Waals surface area contributed by atoms with Crippen LogP contribution < -0.4 is 24.8 Å². The average Bonchev–Trinajstić information content (AvgIpc) is 3.55. The number of allylic oxidation sites excluding steroid dienone is 12. The normalized spacial score (nSPS) is 21.6. The maximum Gasteiger partial charge on any atom is 4.00 e. The van der Waals surface area contributed by atoms with E-state index in [9.17, 15) is 0 Å². The van der Waals surface area contributed by atoms with Crippen LogP contribution in [0.4, 0.5) is 0 Å². The molecule has 0 aliphatic heterocycles. The summed E-state index contributed by atoms with van der Waals surface area (Å²) >= 11 is 11.9. The smallest absolute Gasteiger partial charge is 1.00 e. The summed E-state index contributed by atoms with van der Waals surface area (Å²) in [6, 6.07) is 21.8. The number of rotatable bonds is 4. The molecule has 200 valence electrons. The Balaban J connectivity index is 0.00000147. The van der Waals surface area contributed by atoms with E-state index in [1.807, 2.05) is 0 Å². The molecule has 0 N–H and O–H groups in total. The molecule has 6 rings (SSSR count). The van der Waals surface area contributed by atoms with Crippen molar-refractivity contribution in [2.75, 3.05) is 0 Å². The molecule has 4 aliphatic carbocycles. The third-order valence-corrected chi connectivity index (χ3v) is 13.4. The molecule has 0 aromatic heterocycles. The quantitative estimate of drug-likeness (QED) is 0.275. The monoisotopic (exact) mass is 690 g/mol. The second kappa shape index (κ2) is 12.2. The average molecular weight is 693 g/mol. The number of hydrogen-bond acceptors (Lipinski definition) is 2. The summed E-state index contributed by atoms with van der Waals surface area (Å²) in [7, 11) is -2.26. The zero-order valence-corrected chi connectivity index (χ0v) is 30.1. The zero-order chi connectivity index (χ0) is 26.2. The number of benzene rings is 2. The van der Waals surface area contributed by atoms with Crippen molar-refractivity contribution in [3.63, 3.8) is 0 Å². The van der Waals surface area contributed by atoms with Crippen LogP contribution in [0, 0.1) is 24.0 Å². The van der Waals surface area contributed by atoms with Crippen LogP contribution in [0.1, 0.15) is 38.8 Å². The van der Waals surface area contributed by atoms with Gasteiger partial charge in [0, 0.05) is 0 Å². The van der Waals surface area contributed by atoms with E-state index in [1.165, 1.54) is 55.0 Å². The van der Waals surface area contributed by atoms with Crippen molar-refractivity contribution in [1.82, 2.24) is 0 Å². The van der Waals surface area contributed by atoms with Crippen molar-refractivity contribution in [1.29, 1.82) is 0 Å². The fourth-order valence-electron chi connectivity index (χ4n) is 7.14. The first kappa shape index (κ1) is 33.2. The van der Waals surface area contributed by atoms with E-state index in [2.05, 4.69) is 114 Å².